The molecule has 1 aromatic carbocycles. The van der Waals surface area contributed by atoms with Crippen LogP contribution in [0.15, 0.2) is 45.9 Å². The average Bonchev–Trinajstić information content (AvgIpc) is 2.94. The van der Waals surface area contributed by atoms with Gasteiger partial charge in [-0.1, -0.05) is 0 Å². The third-order valence-corrected chi connectivity index (χ3v) is 5.51. The number of benzene rings is 1. The number of furan rings is 1. The molecule has 112 valence electrons. The zero-order valence-electron chi connectivity index (χ0n) is 11.4. The quantitative estimate of drug-likeness (QED) is 0.882. The SMILES string of the molecule is O=S1(=O)CCC(NCCc2ccco2)c2cc(F)ccc21. The lowest BCUT2D eigenvalue weighted by molar-refractivity contribution is 0.460. The molecule has 2 aromatic rings. The van der Waals surface area contributed by atoms with Crippen molar-refractivity contribution in [3.8, 4) is 0 Å². The van der Waals surface area contributed by atoms with Gasteiger partial charge in [0, 0.05) is 19.0 Å². The van der Waals surface area contributed by atoms with E-state index in [0.29, 0.717) is 24.9 Å². The molecule has 1 aliphatic heterocycles. The minimum Gasteiger partial charge on any atom is -0.469 e. The topological polar surface area (TPSA) is 59.3 Å². The van der Waals surface area contributed by atoms with Gasteiger partial charge in [-0.05, 0) is 42.3 Å². The zero-order valence-corrected chi connectivity index (χ0v) is 12.2. The van der Waals surface area contributed by atoms with E-state index < -0.39 is 15.7 Å². The van der Waals surface area contributed by atoms with E-state index in [1.807, 2.05) is 12.1 Å². The molecule has 0 saturated carbocycles. The summed E-state index contributed by atoms with van der Waals surface area (Å²) < 4.78 is 42.7. The van der Waals surface area contributed by atoms with Crippen LogP contribution in [0.25, 0.3) is 0 Å². The number of hydrogen-bond acceptors (Lipinski definition) is 4. The van der Waals surface area contributed by atoms with Gasteiger partial charge in [0.15, 0.2) is 9.84 Å². The van der Waals surface area contributed by atoms with Gasteiger partial charge in [0.05, 0.1) is 16.9 Å². The lowest BCUT2D eigenvalue weighted by atomic mass is 10.0. The average molecular weight is 309 g/mol. The highest BCUT2D eigenvalue weighted by Gasteiger charge is 2.30. The van der Waals surface area contributed by atoms with Crippen molar-refractivity contribution >= 4 is 9.84 Å². The highest BCUT2D eigenvalue weighted by molar-refractivity contribution is 7.91. The Morgan fingerprint density at radius 1 is 1.33 bits per heavy atom. The predicted molar refractivity (Wildman–Crippen MR) is 76.2 cm³/mol. The number of rotatable bonds is 4. The molecule has 0 aliphatic carbocycles. The molecule has 6 heteroatoms. The molecule has 1 N–H and O–H groups in total. The molecule has 1 unspecified atom stereocenters. The largest absolute Gasteiger partial charge is 0.469 e. The molecule has 0 radical (unpaired) electrons. The van der Waals surface area contributed by atoms with Crippen molar-refractivity contribution in [3.05, 3.63) is 53.7 Å². The van der Waals surface area contributed by atoms with Gasteiger partial charge in [-0.15, -0.1) is 0 Å². The third kappa shape index (κ3) is 3.01. The van der Waals surface area contributed by atoms with Gasteiger partial charge in [0.2, 0.25) is 0 Å². The molecule has 1 aliphatic rings. The maximum absolute atomic E-state index is 13.4. The van der Waals surface area contributed by atoms with E-state index in [-0.39, 0.29) is 16.7 Å². The lowest BCUT2D eigenvalue weighted by Gasteiger charge is -2.26. The zero-order chi connectivity index (χ0) is 14.9. The van der Waals surface area contributed by atoms with E-state index in [9.17, 15) is 12.8 Å². The Kier molecular flexibility index (Phi) is 3.82. The second kappa shape index (κ2) is 5.61. The summed E-state index contributed by atoms with van der Waals surface area (Å²) in [5.41, 5.74) is 0.528. The minimum atomic E-state index is -3.29. The minimum absolute atomic E-state index is 0.0874. The molecule has 3 rings (SSSR count). The van der Waals surface area contributed by atoms with Gasteiger partial charge < -0.3 is 9.73 Å². The molecule has 0 amide bonds. The highest BCUT2D eigenvalue weighted by Crippen LogP contribution is 2.32. The second-order valence-electron chi connectivity index (χ2n) is 5.13. The van der Waals surface area contributed by atoms with Crippen molar-refractivity contribution in [2.45, 2.75) is 23.8 Å². The molecule has 0 saturated heterocycles. The maximum atomic E-state index is 13.4. The smallest absolute Gasteiger partial charge is 0.178 e. The summed E-state index contributed by atoms with van der Waals surface area (Å²) in [6, 6.07) is 7.45. The third-order valence-electron chi connectivity index (χ3n) is 3.70. The van der Waals surface area contributed by atoms with Crippen molar-refractivity contribution in [3.63, 3.8) is 0 Å². The van der Waals surface area contributed by atoms with Crippen LogP contribution in [0.4, 0.5) is 4.39 Å². The molecule has 1 aromatic heterocycles. The van der Waals surface area contributed by atoms with Crippen LogP contribution in [-0.2, 0) is 16.3 Å². The summed E-state index contributed by atoms with van der Waals surface area (Å²) in [5.74, 6) is 0.540. The Morgan fingerprint density at radius 3 is 2.95 bits per heavy atom. The molecule has 0 spiro atoms. The van der Waals surface area contributed by atoms with Crippen LogP contribution in [0.3, 0.4) is 0 Å². The molecule has 0 bridgehead atoms. The van der Waals surface area contributed by atoms with Crippen LogP contribution in [0.5, 0.6) is 0 Å². The number of sulfone groups is 1. The molecule has 0 fully saturated rings. The van der Waals surface area contributed by atoms with Gasteiger partial charge in [-0.2, -0.15) is 0 Å². The molecule has 2 heterocycles. The Hall–Kier alpha value is -1.66. The molecular weight excluding hydrogens is 293 g/mol. The second-order valence-corrected chi connectivity index (χ2v) is 7.20. The Bertz CT molecular complexity index is 725. The number of hydrogen-bond donors (Lipinski definition) is 1. The van der Waals surface area contributed by atoms with Crippen LogP contribution >= 0.6 is 0 Å². The van der Waals surface area contributed by atoms with E-state index >= 15 is 0 Å². The fourth-order valence-corrected chi connectivity index (χ4v) is 4.25. The summed E-state index contributed by atoms with van der Waals surface area (Å²) in [7, 11) is -3.29. The Labute approximate surface area is 122 Å². The number of fused-ring (bicyclic) bond motifs is 1. The first-order valence-electron chi connectivity index (χ1n) is 6.84. The lowest BCUT2D eigenvalue weighted by Crippen LogP contribution is -2.31. The molecular formula is C15H16FNO3S. The van der Waals surface area contributed by atoms with Crippen LogP contribution in [-0.4, -0.2) is 20.7 Å². The van der Waals surface area contributed by atoms with Crippen LogP contribution in [0, 0.1) is 5.82 Å². The predicted octanol–water partition coefficient (Wildman–Crippen LogP) is 2.47. The van der Waals surface area contributed by atoms with E-state index in [1.165, 1.54) is 18.2 Å². The number of halogens is 1. The van der Waals surface area contributed by atoms with Crippen molar-refractivity contribution in [1.82, 2.24) is 5.32 Å². The van der Waals surface area contributed by atoms with Gasteiger partial charge in [0.25, 0.3) is 0 Å². The summed E-state index contributed by atoms with van der Waals surface area (Å²) in [6.45, 7) is 0.647. The van der Waals surface area contributed by atoms with E-state index in [0.717, 1.165) is 5.76 Å². The van der Waals surface area contributed by atoms with E-state index in [2.05, 4.69) is 5.32 Å². The first-order chi connectivity index (χ1) is 10.1. The first-order valence-corrected chi connectivity index (χ1v) is 8.49. The van der Waals surface area contributed by atoms with E-state index in [1.54, 1.807) is 6.26 Å². The van der Waals surface area contributed by atoms with Crippen molar-refractivity contribution < 1.29 is 17.2 Å². The molecule has 4 nitrogen and oxygen atoms in total. The Morgan fingerprint density at radius 2 is 2.19 bits per heavy atom. The van der Waals surface area contributed by atoms with Crippen LogP contribution in [0.1, 0.15) is 23.8 Å². The standard InChI is InChI=1S/C15H16FNO3S/c16-11-3-4-15-13(10-11)14(6-9-21(15,18)19)17-7-5-12-2-1-8-20-12/h1-4,8,10,14,17H,5-7,9H2. The number of nitrogens with one attached hydrogen (secondary N) is 1. The summed E-state index contributed by atoms with van der Waals surface area (Å²) in [5, 5.41) is 3.29. The summed E-state index contributed by atoms with van der Waals surface area (Å²) in [4.78, 5) is 0.241. The van der Waals surface area contributed by atoms with E-state index in [4.69, 9.17) is 4.42 Å². The van der Waals surface area contributed by atoms with Gasteiger partial charge >= 0.3 is 0 Å². The summed E-state index contributed by atoms with van der Waals surface area (Å²) >= 11 is 0. The fourth-order valence-electron chi connectivity index (χ4n) is 2.65. The Balaban J connectivity index is 1.76. The fraction of sp³-hybridized carbons (Fsp3) is 0.333. The van der Waals surface area contributed by atoms with Crippen molar-refractivity contribution in [2.24, 2.45) is 0 Å². The molecule has 1 atom stereocenters. The first kappa shape index (κ1) is 14.3. The maximum Gasteiger partial charge on any atom is 0.178 e. The summed E-state index contributed by atoms with van der Waals surface area (Å²) in [6.07, 6.45) is 2.78. The van der Waals surface area contributed by atoms with Gasteiger partial charge in [-0.25, -0.2) is 12.8 Å². The van der Waals surface area contributed by atoms with Crippen LogP contribution in [0.2, 0.25) is 0 Å². The normalized spacial score (nSPS) is 20.1. The van der Waals surface area contributed by atoms with Crippen LogP contribution < -0.4 is 5.32 Å². The molecule has 21 heavy (non-hydrogen) atoms. The monoisotopic (exact) mass is 309 g/mol. The van der Waals surface area contributed by atoms with Crippen molar-refractivity contribution in [1.29, 1.82) is 0 Å². The highest BCUT2D eigenvalue weighted by atomic mass is 32.2. The van der Waals surface area contributed by atoms with Crippen molar-refractivity contribution in [2.75, 3.05) is 12.3 Å². The van der Waals surface area contributed by atoms with Gasteiger partial charge in [0.1, 0.15) is 11.6 Å². The van der Waals surface area contributed by atoms with Gasteiger partial charge in [-0.3, -0.25) is 0 Å².